The van der Waals surface area contributed by atoms with Gasteiger partial charge >= 0.3 is 0 Å². The lowest BCUT2D eigenvalue weighted by Crippen LogP contribution is -2.51. The molecule has 0 saturated carbocycles. The van der Waals surface area contributed by atoms with Crippen molar-refractivity contribution in [3.63, 3.8) is 0 Å². The van der Waals surface area contributed by atoms with Crippen LogP contribution in [0.3, 0.4) is 0 Å². The maximum absolute atomic E-state index is 12.7. The molecule has 30 heavy (non-hydrogen) atoms. The highest BCUT2D eigenvalue weighted by Gasteiger charge is 2.31. The molecule has 0 aliphatic carbocycles. The molecule has 160 valence electrons. The Morgan fingerprint density at radius 2 is 1.87 bits per heavy atom. The number of carbonyl (C=O) groups excluding carboxylic acids is 1. The van der Waals surface area contributed by atoms with Gasteiger partial charge in [0.15, 0.2) is 0 Å². The van der Waals surface area contributed by atoms with E-state index in [9.17, 15) is 4.79 Å². The summed E-state index contributed by atoms with van der Waals surface area (Å²) in [4.78, 5) is 22.1. The van der Waals surface area contributed by atoms with Crippen molar-refractivity contribution in [2.45, 2.75) is 38.1 Å². The summed E-state index contributed by atoms with van der Waals surface area (Å²) in [5.41, 5.74) is 1.27. The van der Waals surface area contributed by atoms with Crippen molar-refractivity contribution < 1.29 is 4.79 Å². The average molecular weight is 427 g/mol. The SMILES string of the molecule is O=C(NCCc1ccccc1)C1CCCN(C2CCN(c3ccc(Cl)cn3)CC2)C1. The summed E-state index contributed by atoms with van der Waals surface area (Å²) in [7, 11) is 0. The van der Waals surface area contributed by atoms with Crippen LogP contribution in [0.4, 0.5) is 5.82 Å². The predicted octanol–water partition coefficient (Wildman–Crippen LogP) is 3.77. The van der Waals surface area contributed by atoms with Crippen LogP contribution in [0, 0.1) is 5.92 Å². The van der Waals surface area contributed by atoms with E-state index >= 15 is 0 Å². The number of pyridine rings is 1. The zero-order valence-corrected chi connectivity index (χ0v) is 18.2. The van der Waals surface area contributed by atoms with Crippen LogP contribution < -0.4 is 10.2 Å². The third kappa shape index (κ3) is 5.52. The molecular formula is C24H31ClN4O. The maximum atomic E-state index is 12.7. The van der Waals surface area contributed by atoms with Crippen LogP contribution in [0.25, 0.3) is 0 Å². The fourth-order valence-corrected chi connectivity index (χ4v) is 4.80. The number of hydrogen-bond acceptors (Lipinski definition) is 4. The van der Waals surface area contributed by atoms with E-state index in [4.69, 9.17) is 11.6 Å². The second-order valence-electron chi connectivity index (χ2n) is 8.41. The van der Waals surface area contributed by atoms with E-state index in [1.807, 2.05) is 30.3 Å². The lowest BCUT2D eigenvalue weighted by Gasteiger charge is -2.42. The molecule has 1 N–H and O–H groups in total. The highest BCUT2D eigenvalue weighted by atomic mass is 35.5. The molecule has 2 aromatic rings. The minimum atomic E-state index is 0.116. The van der Waals surface area contributed by atoms with Crippen LogP contribution in [0.5, 0.6) is 0 Å². The predicted molar refractivity (Wildman–Crippen MR) is 122 cm³/mol. The largest absolute Gasteiger partial charge is 0.357 e. The van der Waals surface area contributed by atoms with Crippen molar-refractivity contribution in [2.75, 3.05) is 37.6 Å². The topological polar surface area (TPSA) is 48.5 Å². The molecule has 1 aromatic carbocycles. The number of piperidine rings is 2. The molecule has 0 bridgehead atoms. The Kier molecular flexibility index (Phi) is 7.24. The molecule has 2 saturated heterocycles. The van der Waals surface area contributed by atoms with Crippen LogP contribution >= 0.6 is 11.6 Å². The molecule has 1 atom stereocenters. The fourth-order valence-electron chi connectivity index (χ4n) is 4.69. The van der Waals surface area contributed by atoms with E-state index < -0.39 is 0 Å². The molecule has 1 aromatic heterocycles. The van der Waals surface area contributed by atoms with Gasteiger partial charge in [0, 0.05) is 38.4 Å². The van der Waals surface area contributed by atoms with Gasteiger partial charge in [-0.05, 0) is 56.3 Å². The second-order valence-corrected chi connectivity index (χ2v) is 8.85. The van der Waals surface area contributed by atoms with Gasteiger partial charge in [0.1, 0.15) is 5.82 Å². The number of hydrogen-bond donors (Lipinski definition) is 1. The lowest BCUT2D eigenvalue weighted by molar-refractivity contribution is -0.127. The highest BCUT2D eigenvalue weighted by molar-refractivity contribution is 6.30. The van der Waals surface area contributed by atoms with E-state index in [-0.39, 0.29) is 11.8 Å². The molecule has 0 radical (unpaired) electrons. The number of aromatic nitrogens is 1. The van der Waals surface area contributed by atoms with Crippen LogP contribution in [0.1, 0.15) is 31.2 Å². The molecule has 6 heteroatoms. The smallest absolute Gasteiger partial charge is 0.224 e. The Hall–Kier alpha value is -2.11. The Morgan fingerprint density at radius 1 is 1.07 bits per heavy atom. The average Bonchev–Trinajstić information content (AvgIpc) is 2.80. The highest BCUT2D eigenvalue weighted by Crippen LogP contribution is 2.26. The number of carbonyl (C=O) groups is 1. The third-order valence-corrected chi connectivity index (χ3v) is 6.62. The van der Waals surface area contributed by atoms with Crippen LogP contribution in [-0.2, 0) is 11.2 Å². The van der Waals surface area contributed by atoms with E-state index in [1.165, 1.54) is 5.56 Å². The van der Waals surface area contributed by atoms with Gasteiger partial charge in [0.2, 0.25) is 5.91 Å². The Balaban J connectivity index is 1.23. The summed E-state index contributed by atoms with van der Waals surface area (Å²) in [5.74, 6) is 1.34. The molecular weight excluding hydrogens is 396 g/mol. The minimum Gasteiger partial charge on any atom is -0.357 e. The number of amides is 1. The van der Waals surface area contributed by atoms with Gasteiger partial charge in [-0.3, -0.25) is 9.69 Å². The van der Waals surface area contributed by atoms with Gasteiger partial charge < -0.3 is 10.2 Å². The number of anilines is 1. The molecule has 2 fully saturated rings. The van der Waals surface area contributed by atoms with Crippen molar-refractivity contribution in [3.05, 3.63) is 59.2 Å². The summed E-state index contributed by atoms with van der Waals surface area (Å²) in [5, 5.41) is 3.84. The molecule has 1 unspecified atom stereocenters. The van der Waals surface area contributed by atoms with E-state index in [0.29, 0.717) is 17.6 Å². The fraction of sp³-hybridized carbons (Fsp3) is 0.500. The van der Waals surface area contributed by atoms with Crippen LogP contribution in [0.15, 0.2) is 48.7 Å². The Labute approximate surface area is 184 Å². The van der Waals surface area contributed by atoms with Crippen molar-refractivity contribution in [1.82, 2.24) is 15.2 Å². The summed E-state index contributed by atoms with van der Waals surface area (Å²) in [6.45, 7) is 4.72. The molecule has 2 aliphatic heterocycles. The summed E-state index contributed by atoms with van der Waals surface area (Å²) < 4.78 is 0. The normalized spacial score (nSPS) is 20.8. The molecule has 1 amide bonds. The first kappa shape index (κ1) is 21.1. The molecule has 3 heterocycles. The van der Waals surface area contributed by atoms with E-state index in [0.717, 1.165) is 64.1 Å². The number of halogens is 1. The van der Waals surface area contributed by atoms with Gasteiger partial charge in [0.25, 0.3) is 0 Å². The zero-order chi connectivity index (χ0) is 20.8. The maximum Gasteiger partial charge on any atom is 0.224 e. The van der Waals surface area contributed by atoms with Gasteiger partial charge in [-0.15, -0.1) is 0 Å². The summed E-state index contributed by atoms with van der Waals surface area (Å²) in [6.07, 6.45) is 6.95. The van der Waals surface area contributed by atoms with Crippen molar-refractivity contribution in [1.29, 1.82) is 0 Å². The van der Waals surface area contributed by atoms with Crippen LogP contribution in [-0.4, -0.2) is 54.6 Å². The molecule has 2 aliphatic rings. The number of nitrogens with one attached hydrogen (secondary N) is 1. The lowest BCUT2D eigenvalue weighted by atomic mass is 9.93. The first-order valence-electron chi connectivity index (χ1n) is 11.1. The standard InChI is InChI=1S/C24H31ClN4O/c25-21-8-9-23(27-17-21)28-15-11-22(12-16-28)29-14-4-7-20(18-29)24(30)26-13-10-19-5-2-1-3-6-19/h1-3,5-6,8-9,17,20,22H,4,7,10-16,18H2,(H,26,30). The second kappa shape index (κ2) is 10.3. The monoisotopic (exact) mass is 426 g/mol. The molecule has 4 rings (SSSR count). The minimum absolute atomic E-state index is 0.116. The van der Waals surface area contributed by atoms with Crippen molar-refractivity contribution in [3.8, 4) is 0 Å². The molecule has 0 spiro atoms. The number of rotatable bonds is 6. The third-order valence-electron chi connectivity index (χ3n) is 6.40. The molecule has 5 nitrogen and oxygen atoms in total. The number of benzene rings is 1. The van der Waals surface area contributed by atoms with Gasteiger partial charge in [-0.1, -0.05) is 41.9 Å². The van der Waals surface area contributed by atoms with Gasteiger partial charge in [0.05, 0.1) is 10.9 Å². The summed E-state index contributed by atoms with van der Waals surface area (Å²) in [6, 6.07) is 14.8. The first-order valence-corrected chi connectivity index (χ1v) is 11.5. The Morgan fingerprint density at radius 3 is 2.60 bits per heavy atom. The van der Waals surface area contributed by atoms with Crippen molar-refractivity contribution in [2.24, 2.45) is 5.92 Å². The van der Waals surface area contributed by atoms with Gasteiger partial charge in [-0.2, -0.15) is 0 Å². The van der Waals surface area contributed by atoms with E-state index in [2.05, 4.69) is 32.2 Å². The van der Waals surface area contributed by atoms with Crippen LogP contribution in [0.2, 0.25) is 5.02 Å². The number of likely N-dealkylation sites (tertiary alicyclic amines) is 1. The van der Waals surface area contributed by atoms with Crippen molar-refractivity contribution >= 4 is 23.3 Å². The van der Waals surface area contributed by atoms with E-state index in [1.54, 1.807) is 6.20 Å². The van der Waals surface area contributed by atoms with Gasteiger partial charge in [-0.25, -0.2) is 4.98 Å². The summed E-state index contributed by atoms with van der Waals surface area (Å²) >= 11 is 5.96. The quantitative estimate of drug-likeness (QED) is 0.763. The zero-order valence-electron chi connectivity index (χ0n) is 17.5. The number of nitrogens with zero attached hydrogens (tertiary/aromatic N) is 3. The Bertz CT molecular complexity index is 806. The first-order chi connectivity index (χ1) is 14.7.